The maximum atomic E-state index is 13.4. The average Bonchev–Trinajstić information content (AvgIpc) is 2.88. The minimum absolute atomic E-state index is 0.105. The summed E-state index contributed by atoms with van der Waals surface area (Å²) in [5.74, 6) is -2.31. The summed E-state index contributed by atoms with van der Waals surface area (Å²) in [4.78, 5) is 26.4. The Labute approximate surface area is 160 Å². The summed E-state index contributed by atoms with van der Waals surface area (Å²) >= 11 is 0. The van der Waals surface area contributed by atoms with E-state index in [0.29, 0.717) is 30.4 Å². The van der Waals surface area contributed by atoms with Crippen molar-refractivity contribution < 1.29 is 27.8 Å². The smallest absolute Gasteiger partial charge is 0.239 e. The van der Waals surface area contributed by atoms with E-state index in [2.05, 4.69) is 5.32 Å². The third-order valence-electron chi connectivity index (χ3n) is 4.70. The van der Waals surface area contributed by atoms with Gasteiger partial charge in [-0.1, -0.05) is 0 Å². The van der Waals surface area contributed by atoms with Gasteiger partial charge < -0.3 is 19.7 Å². The van der Waals surface area contributed by atoms with Gasteiger partial charge in [0.05, 0.1) is 13.2 Å². The van der Waals surface area contributed by atoms with E-state index in [4.69, 9.17) is 9.47 Å². The predicted molar refractivity (Wildman–Crippen MR) is 97.5 cm³/mol. The molecule has 0 aliphatic carbocycles. The molecule has 2 heterocycles. The van der Waals surface area contributed by atoms with Crippen LogP contribution in [0.5, 0.6) is 11.5 Å². The minimum atomic E-state index is -0.928. The molecule has 0 aromatic heterocycles. The molecule has 2 amide bonds. The molecule has 2 aromatic rings. The van der Waals surface area contributed by atoms with Crippen LogP contribution >= 0.6 is 0 Å². The molecule has 0 radical (unpaired) electrons. The van der Waals surface area contributed by atoms with Crippen LogP contribution in [0.25, 0.3) is 0 Å². The lowest BCUT2D eigenvalue weighted by atomic mass is 10.1. The zero-order valence-electron chi connectivity index (χ0n) is 14.9. The van der Waals surface area contributed by atoms with Crippen LogP contribution in [0.4, 0.5) is 20.2 Å². The van der Waals surface area contributed by atoms with Gasteiger partial charge in [-0.3, -0.25) is 9.59 Å². The van der Waals surface area contributed by atoms with Crippen LogP contribution < -0.4 is 19.7 Å². The summed E-state index contributed by atoms with van der Waals surface area (Å²) in [5, 5.41) is 2.71. The molecule has 0 bridgehead atoms. The fraction of sp³-hybridized carbons (Fsp3) is 0.300. The zero-order chi connectivity index (χ0) is 19.7. The molecule has 1 N–H and O–H groups in total. The summed E-state index contributed by atoms with van der Waals surface area (Å²) in [6.07, 6.45) is 1.02. The summed E-state index contributed by atoms with van der Waals surface area (Å²) in [6, 6.07) is 7.91. The van der Waals surface area contributed by atoms with Crippen molar-refractivity contribution in [2.75, 3.05) is 30.0 Å². The van der Waals surface area contributed by atoms with Crippen LogP contribution in [0, 0.1) is 17.6 Å². The maximum absolute atomic E-state index is 13.4. The second kappa shape index (κ2) is 7.46. The van der Waals surface area contributed by atoms with Gasteiger partial charge >= 0.3 is 0 Å². The molecule has 1 saturated heterocycles. The standard InChI is InChI=1S/C20H18F2N2O4/c21-12-8-13(22)10-15(9-12)24-5-4-16(20(24)26)19(25)23-14-2-3-17-18(11-14)28-7-1-6-27-17/h2-3,8-11,16H,1,4-7H2,(H,23,25). The molecule has 1 unspecified atom stereocenters. The number of halogens is 2. The molecular formula is C20H18F2N2O4. The van der Waals surface area contributed by atoms with E-state index in [1.807, 2.05) is 0 Å². The van der Waals surface area contributed by atoms with Crippen molar-refractivity contribution in [3.63, 3.8) is 0 Å². The molecule has 1 atom stereocenters. The molecule has 28 heavy (non-hydrogen) atoms. The Morgan fingerprint density at radius 2 is 1.75 bits per heavy atom. The van der Waals surface area contributed by atoms with Gasteiger partial charge in [-0.2, -0.15) is 0 Å². The number of ether oxygens (including phenoxy) is 2. The number of nitrogens with one attached hydrogen (secondary N) is 1. The number of hydrogen-bond donors (Lipinski definition) is 1. The molecule has 0 saturated carbocycles. The Hall–Kier alpha value is -3.16. The van der Waals surface area contributed by atoms with Gasteiger partial charge in [0.2, 0.25) is 11.8 Å². The molecule has 8 heteroatoms. The van der Waals surface area contributed by atoms with Crippen molar-refractivity contribution in [3.8, 4) is 11.5 Å². The van der Waals surface area contributed by atoms with Crippen molar-refractivity contribution in [3.05, 3.63) is 48.0 Å². The fourth-order valence-electron chi connectivity index (χ4n) is 3.35. The lowest BCUT2D eigenvalue weighted by molar-refractivity contribution is -0.129. The van der Waals surface area contributed by atoms with Crippen LogP contribution in [0.1, 0.15) is 12.8 Å². The monoisotopic (exact) mass is 388 g/mol. The van der Waals surface area contributed by atoms with E-state index >= 15 is 0 Å². The van der Waals surface area contributed by atoms with Crippen LogP contribution in [0.15, 0.2) is 36.4 Å². The minimum Gasteiger partial charge on any atom is -0.490 e. The summed E-state index contributed by atoms with van der Waals surface area (Å²) < 4.78 is 38.0. The highest BCUT2D eigenvalue weighted by Crippen LogP contribution is 2.33. The molecule has 4 rings (SSSR count). The number of nitrogens with zero attached hydrogens (tertiary/aromatic N) is 1. The molecule has 6 nitrogen and oxygen atoms in total. The molecule has 2 aliphatic rings. The van der Waals surface area contributed by atoms with Gasteiger partial charge in [-0.15, -0.1) is 0 Å². The highest BCUT2D eigenvalue weighted by molar-refractivity contribution is 6.13. The van der Waals surface area contributed by atoms with Gasteiger partial charge in [-0.05, 0) is 30.7 Å². The summed E-state index contributed by atoms with van der Waals surface area (Å²) in [6.45, 7) is 1.29. The van der Waals surface area contributed by atoms with Crippen molar-refractivity contribution >= 4 is 23.2 Å². The predicted octanol–water partition coefficient (Wildman–Crippen LogP) is 3.12. The number of carbonyl (C=O) groups is 2. The molecule has 2 aromatic carbocycles. The number of amides is 2. The van der Waals surface area contributed by atoms with E-state index in [1.54, 1.807) is 18.2 Å². The maximum Gasteiger partial charge on any atom is 0.239 e. The van der Waals surface area contributed by atoms with Gasteiger partial charge in [0.15, 0.2) is 11.5 Å². The number of hydrogen-bond acceptors (Lipinski definition) is 4. The second-order valence-corrected chi connectivity index (χ2v) is 6.66. The first-order valence-corrected chi connectivity index (χ1v) is 8.99. The van der Waals surface area contributed by atoms with Gasteiger partial charge in [0.1, 0.15) is 17.6 Å². The first kappa shape index (κ1) is 18.2. The SMILES string of the molecule is O=C(Nc1ccc2c(c1)OCCCO2)C1CCN(c2cc(F)cc(F)c2)C1=O. The molecule has 2 aliphatic heterocycles. The number of benzene rings is 2. The third-order valence-corrected chi connectivity index (χ3v) is 4.70. The Bertz CT molecular complexity index is 914. The highest BCUT2D eigenvalue weighted by Gasteiger charge is 2.38. The molecular weight excluding hydrogens is 370 g/mol. The molecule has 0 spiro atoms. The summed E-state index contributed by atoms with van der Waals surface area (Å²) in [5.41, 5.74) is 0.589. The number of rotatable bonds is 3. The van der Waals surface area contributed by atoms with E-state index in [-0.39, 0.29) is 18.7 Å². The number of carbonyl (C=O) groups excluding carboxylic acids is 2. The van der Waals surface area contributed by atoms with E-state index in [9.17, 15) is 18.4 Å². The topological polar surface area (TPSA) is 67.9 Å². The lowest BCUT2D eigenvalue weighted by Gasteiger charge is -2.17. The number of fused-ring (bicyclic) bond motifs is 1. The molecule has 146 valence electrons. The first-order valence-electron chi connectivity index (χ1n) is 8.99. The Kier molecular flexibility index (Phi) is 4.85. The average molecular weight is 388 g/mol. The normalized spacial score (nSPS) is 18.7. The Morgan fingerprint density at radius 3 is 2.50 bits per heavy atom. The Morgan fingerprint density at radius 1 is 1.04 bits per heavy atom. The van der Waals surface area contributed by atoms with Crippen LogP contribution in [-0.2, 0) is 9.59 Å². The summed E-state index contributed by atoms with van der Waals surface area (Å²) in [7, 11) is 0. The van der Waals surface area contributed by atoms with Crippen LogP contribution in [0.2, 0.25) is 0 Å². The van der Waals surface area contributed by atoms with Crippen molar-refractivity contribution in [1.82, 2.24) is 0 Å². The number of anilines is 2. The van der Waals surface area contributed by atoms with Crippen LogP contribution in [0.3, 0.4) is 0 Å². The molecule has 1 fully saturated rings. The van der Waals surface area contributed by atoms with E-state index < -0.39 is 29.4 Å². The largest absolute Gasteiger partial charge is 0.490 e. The third kappa shape index (κ3) is 3.62. The Balaban J connectivity index is 1.47. The van der Waals surface area contributed by atoms with E-state index in [1.165, 1.54) is 4.90 Å². The van der Waals surface area contributed by atoms with Crippen molar-refractivity contribution in [1.29, 1.82) is 0 Å². The first-order chi connectivity index (χ1) is 13.5. The zero-order valence-corrected chi connectivity index (χ0v) is 14.9. The van der Waals surface area contributed by atoms with Gasteiger partial charge in [0, 0.05) is 36.5 Å². The highest BCUT2D eigenvalue weighted by atomic mass is 19.1. The lowest BCUT2D eigenvalue weighted by Crippen LogP contribution is -2.33. The van der Waals surface area contributed by atoms with E-state index in [0.717, 1.165) is 24.6 Å². The van der Waals surface area contributed by atoms with Crippen molar-refractivity contribution in [2.45, 2.75) is 12.8 Å². The van der Waals surface area contributed by atoms with Crippen LogP contribution in [-0.4, -0.2) is 31.6 Å². The second-order valence-electron chi connectivity index (χ2n) is 6.66. The quantitative estimate of drug-likeness (QED) is 0.821. The van der Waals surface area contributed by atoms with Crippen molar-refractivity contribution in [2.24, 2.45) is 5.92 Å². The fourth-order valence-corrected chi connectivity index (χ4v) is 3.35. The van der Waals surface area contributed by atoms with Gasteiger partial charge in [0.25, 0.3) is 0 Å². The van der Waals surface area contributed by atoms with Gasteiger partial charge in [-0.25, -0.2) is 8.78 Å².